The lowest BCUT2D eigenvalue weighted by atomic mass is 10.1. The van der Waals surface area contributed by atoms with E-state index in [1.165, 1.54) is 0 Å². The number of nitrogens with zero attached hydrogens (tertiary/aromatic N) is 1. The average molecular weight is 397 g/mol. The van der Waals surface area contributed by atoms with Crippen LogP contribution in [0.3, 0.4) is 0 Å². The van der Waals surface area contributed by atoms with E-state index in [0.29, 0.717) is 23.8 Å². The Morgan fingerprint density at radius 2 is 1.72 bits per heavy atom. The van der Waals surface area contributed by atoms with E-state index in [1.807, 2.05) is 6.92 Å². The predicted molar refractivity (Wildman–Crippen MR) is 106 cm³/mol. The van der Waals surface area contributed by atoms with Gasteiger partial charge >= 0.3 is 0 Å². The van der Waals surface area contributed by atoms with Gasteiger partial charge in [-0.05, 0) is 48.9 Å². The highest BCUT2D eigenvalue weighted by molar-refractivity contribution is 6.22. The van der Waals surface area contributed by atoms with E-state index in [-0.39, 0.29) is 24.7 Å². The lowest BCUT2D eigenvalue weighted by molar-refractivity contribution is -0.122. The molecule has 0 aliphatic carbocycles. The highest BCUT2D eigenvalue weighted by Crippen LogP contribution is 2.25. The van der Waals surface area contributed by atoms with Crippen molar-refractivity contribution in [1.82, 2.24) is 10.9 Å². The largest absolute Gasteiger partial charge is 0.497 e. The molecular weight excluding hydrogens is 374 g/mol. The Balaban J connectivity index is 1.55. The molecule has 8 nitrogen and oxygen atoms in total. The molecule has 1 saturated heterocycles. The Morgan fingerprint density at radius 1 is 1.07 bits per heavy atom. The van der Waals surface area contributed by atoms with E-state index in [9.17, 15) is 14.4 Å². The van der Waals surface area contributed by atoms with Gasteiger partial charge in [-0.25, -0.2) is 10.3 Å². The van der Waals surface area contributed by atoms with Gasteiger partial charge in [0.15, 0.2) is 0 Å². The van der Waals surface area contributed by atoms with Crippen LogP contribution < -0.4 is 25.2 Å². The molecule has 152 valence electrons. The zero-order chi connectivity index (χ0) is 20.8. The van der Waals surface area contributed by atoms with Crippen molar-refractivity contribution in [3.05, 3.63) is 54.1 Å². The van der Waals surface area contributed by atoms with Gasteiger partial charge in [0, 0.05) is 0 Å². The highest BCUT2D eigenvalue weighted by Gasteiger charge is 2.39. The fraction of sp³-hybridized carbons (Fsp3) is 0.286. The van der Waals surface area contributed by atoms with E-state index in [1.54, 1.807) is 55.6 Å². The van der Waals surface area contributed by atoms with Crippen molar-refractivity contribution in [1.29, 1.82) is 0 Å². The maximum Gasteiger partial charge on any atom is 0.253 e. The second kappa shape index (κ2) is 9.20. The number of nitrogens with one attached hydrogen (secondary N) is 2. The molecule has 29 heavy (non-hydrogen) atoms. The minimum absolute atomic E-state index is 0.0329. The number of carbonyl (C=O) groups excluding carboxylic acids is 3. The number of amides is 3. The van der Waals surface area contributed by atoms with Gasteiger partial charge in [-0.3, -0.25) is 19.8 Å². The van der Waals surface area contributed by atoms with Crippen LogP contribution in [-0.2, 0) is 20.8 Å². The highest BCUT2D eigenvalue weighted by atomic mass is 16.5. The van der Waals surface area contributed by atoms with E-state index >= 15 is 0 Å². The Hall–Kier alpha value is -3.39. The van der Waals surface area contributed by atoms with Crippen LogP contribution in [-0.4, -0.2) is 37.5 Å². The van der Waals surface area contributed by atoms with Crippen LogP contribution >= 0.6 is 0 Å². The third kappa shape index (κ3) is 4.91. The molecule has 3 amide bonds. The van der Waals surface area contributed by atoms with Gasteiger partial charge in [-0.2, -0.15) is 0 Å². The summed E-state index contributed by atoms with van der Waals surface area (Å²) in [7, 11) is 1.57. The smallest absolute Gasteiger partial charge is 0.253 e. The maximum absolute atomic E-state index is 12.6. The summed E-state index contributed by atoms with van der Waals surface area (Å²) in [6, 6.07) is 13.0. The first-order chi connectivity index (χ1) is 14.0. The Kier molecular flexibility index (Phi) is 6.46. The number of ether oxygens (including phenoxy) is 2. The molecule has 0 spiro atoms. The molecule has 1 aliphatic rings. The van der Waals surface area contributed by atoms with Crippen molar-refractivity contribution in [2.45, 2.75) is 25.8 Å². The summed E-state index contributed by atoms with van der Waals surface area (Å²) in [5, 5.41) is 0. The minimum atomic E-state index is -0.811. The van der Waals surface area contributed by atoms with Crippen LogP contribution in [0.25, 0.3) is 0 Å². The Labute approximate surface area is 168 Å². The van der Waals surface area contributed by atoms with E-state index < -0.39 is 11.9 Å². The minimum Gasteiger partial charge on any atom is -0.497 e. The number of anilines is 1. The molecule has 0 unspecified atom stereocenters. The van der Waals surface area contributed by atoms with Crippen LogP contribution in [0.1, 0.15) is 18.9 Å². The molecule has 0 bridgehead atoms. The van der Waals surface area contributed by atoms with Crippen molar-refractivity contribution < 1.29 is 23.9 Å². The maximum atomic E-state index is 12.6. The van der Waals surface area contributed by atoms with Gasteiger partial charge in [-0.15, -0.1) is 0 Å². The first kappa shape index (κ1) is 20.3. The summed E-state index contributed by atoms with van der Waals surface area (Å²) in [5.41, 5.74) is 6.46. The standard InChI is InChI=1S/C21H23N3O5/c1-3-29-17-10-6-15(7-11-17)24-20(26)13-18(21(24)27)22-23-19(25)12-14-4-8-16(28-2)9-5-14/h4-11,18,22H,3,12-13H2,1-2H3,(H,23,25)/t18-/m1/s1. The first-order valence-corrected chi connectivity index (χ1v) is 9.28. The molecular formula is C21H23N3O5. The van der Waals surface area contributed by atoms with Gasteiger partial charge in [0.2, 0.25) is 11.8 Å². The normalized spacial score (nSPS) is 16.1. The summed E-state index contributed by atoms with van der Waals surface area (Å²) in [4.78, 5) is 38.2. The van der Waals surface area contributed by atoms with Crippen LogP contribution in [0.4, 0.5) is 5.69 Å². The molecule has 2 aromatic rings. The molecule has 1 atom stereocenters. The molecule has 8 heteroatoms. The fourth-order valence-corrected chi connectivity index (χ4v) is 3.01. The number of methoxy groups -OCH3 is 1. The van der Waals surface area contributed by atoms with Crippen molar-refractivity contribution in [3.8, 4) is 11.5 Å². The lowest BCUT2D eigenvalue weighted by Gasteiger charge is -2.16. The molecule has 1 aliphatic heterocycles. The van der Waals surface area contributed by atoms with Gasteiger partial charge in [0.25, 0.3) is 5.91 Å². The third-order valence-electron chi connectivity index (χ3n) is 4.46. The number of carbonyl (C=O) groups is 3. The molecule has 3 rings (SSSR count). The quantitative estimate of drug-likeness (QED) is 0.519. The van der Waals surface area contributed by atoms with Crippen molar-refractivity contribution >= 4 is 23.4 Å². The SMILES string of the molecule is CCOc1ccc(N2C(=O)C[C@@H](NNC(=O)Cc3ccc(OC)cc3)C2=O)cc1. The number of hydrogen-bond acceptors (Lipinski definition) is 6. The molecule has 1 heterocycles. The van der Waals surface area contributed by atoms with Crippen LogP contribution in [0, 0.1) is 0 Å². The number of rotatable bonds is 8. The fourth-order valence-electron chi connectivity index (χ4n) is 3.01. The topological polar surface area (TPSA) is 97.0 Å². The van der Waals surface area contributed by atoms with E-state index in [4.69, 9.17) is 9.47 Å². The van der Waals surface area contributed by atoms with E-state index in [0.717, 1.165) is 10.5 Å². The number of hydrazine groups is 1. The molecule has 0 radical (unpaired) electrons. The molecule has 2 aromatic carbocycles. The number of hydrogen-bond donors (Lipinski definition) is 2. The second-order valence-electron chi connectivity index (χ2n) is 6.47. The van der Waals surface area contributed by atoms with Crippen LogP contribution in [0.2, 0.25) is 0 Å². The van der Waals surface area contributed by atoms with Crippen LogP contribution in [0.15, 0.2) is 48.5 Å². The van der Waals surface area contributed by atoms with Gasteiger partial charge in [0.1, 0.15) is 17.5 Å². The van der Waals surface area contributed by atoms with Gasteiger partial charge in [-0.1, -0.05) is 12.1 Å². The lowest BCUT2D eigenvalue weighted by Crippen LogP contribution is -2.48. The van der Waals surface area contributed by atoms with Crippen molar-refractivity contribution in [3.63, 3.8) is 0 Å². The second-order valence-corrected chi connectivity index (χ2v) is 6.47. The first-order valence-electron chi connectivity index (χ1n) is 9.28. The Bertz CT molecular complexity index is 880. The van der Waals surface area contributed by atoms with E-state index in [2.05, 4.69) is 10.9 Å². The molecule has 1 fully saturated rings. The zero-order valence-electron chi connectivity index (χ0n) is 16.3. The Morgan fingerprint density at radius 3 is 2.34 bits per heavy atom. The number of imide groups is 1. The summed E-state index contributed by atoms with van der Waals surface area (Å²) < 4.78 is 10.5. The van der Waals surface area contributed by atoms with Crippen LogP contribution in [0.5, 0.6) is 11.5 Å². The summed E-state index contributed by atoms with van der Waals surface area (Å²) >= 11 is 0. The summed E-state index contributed by atoms with van der Waals surface area (Å²) in [5.74, 6) is 0.312. The monoisotopic (exact) mass is 397 g/mol. The summed E-state index contributed by atoms with van der Waals surface area (Å²) in [6.07, 6.45) is 0.101. The third-order valence-corrected chi connectivity index (χ3v) is 4.46. The van der Waals surface area contributed by atoms with Crippen molar-refractivity contribution in [2.24, 2.45) is 0 Å². The van der Waals surface area contributed by atoms with Gasteiger partial charge < -0.3 is 9.47 Å². The van der Waals surface area contributed by atoms with Gasteiger partial charge in [0.05, 0.1) is 32.2 Å². The molecule has 0 aromatic heterocycles. The molecule has 0 saturated carbocycles. The zero-order valence-corrected chi connectivity index (χ0v) is 16.3. The predicted octanol–water partition coefficient (Wildman–Crippen LogP) is 1.59. The number of benzene rings is 2. The molecule has 2 N–H and O–H groups in total. The van der Waals surface area contributed by atoms with Crippen molar-refractivity contribution in [2.75, 3.05) is 18.6 Å². The average Bonchev–Trinajstić information content (AvgIpc) is 3.01. The summed E-state index contributed by atoms with van der Waals surface area (Å²) in [6.45, 7) is 2.41.